The van der Waals surface area contributed by atoms with Crippen LogP contribution in [0.2, 0.25) is 10.0 Å². The fourth-order valence-electron chi connectivity index (χ4n) is 4.17. The molecule has 0 radical (unpaired) electrons. The molecule has 0 amide bonds. The van der Waals surface area contributed by atoms with Crippen molar-refractivity contribution in [1.82, 2.24) is 30.2 Å². The quantitative estimate of drug-likeness (QED) is 0.139. The molecular weight excluding hydrogens is 558 g/mol. The van der Waals surface area contributed by atoms with E-state index in [1.54, 1.807) is 30.0 Å². The van der Waals surface area contributed by atoms with E-state index < -0.39 is 5.41 Å². The number of thioether (sulfide) groups is 1. The molecule has 2 heterocycles. The van der Waals surface area contributed by atoms with Gasteiger partial charge in [0, 0.05) is 22.4 Å². The van der Waals surface area contributed by atoms with E-state index in [4.69, 9.17) is 32.9 Å². The van der Waals surface area contributed by atoms with E-state index in [0.717, 1.165) is 33.2 Å². The standard InChI is InChI=1S/C28H25Cl2FN6OS/c1-28(2,20-7-12-23(29)24(30)15-20)25-16-32-27(37(25)22-10-8-21(31)9-11-22)39-14-13-38-17-18-3-5-19(6-4-18)26-33-35-36-34-26/h3-12,15-16H,13-14,17H2,1-2H3,(H,33,34,35,36). The lowest BCUT2D eigenvalue weighted by atomic mass is 9.81. The first kappa shape index (κ1) is 27.3. The molecule has 0 bridgehead atoms. The summed E-state index contributed by atoms with van der Waals surface area (Å²) >= 11 is 14.1. The smallest absolute Gasteiger partial charge is 0.179 e. The summed E-state index contributed by atoms with van der Waals surface area (Å²) in [4.78, 5) is 4.74. The maximum Gasteiger partial charge on any atom is 0.179 e. The van der Waals surface area contributed by atoms with Crippen molar-refractivity contribution in [3.63, 3.8) is 0 Å². The van der Waals surface area contributed by atoms with Gasteiger partial charge in [-0.1, -0.05) is 79.1 Å². The van der Waals surface area contributed by atoms with Crippen LogP contribution in [0.3, 0.4) is 0 Å². The highest BCUT2D eigenvalue weighted by molar-refractivity contribution is 7.99. The van der Waals surface area contributed by atoms with Crippen LogP contribution in [0, 0.1) is 5.82 Å². The summed E-state index contributed by atoms with van der Waals surface area (Å²) in [5.41, 5.74) is 4.26. The second-order valence-electron chi connectivity index (χ2n) is 9.34. The third kappa shape index (κ3) is 6.17. The van der Waals surface area contributed by atoms with Gasteiger partial charge in [0.25, 0.3) is 0 Å². The average Bonchev–Trinajstić information content (AvgIpc) is 3.62. The van der Waals surface area contributed by atoms with Crippen LogP contribution < -0.4 is 0 Å². The molecule has 1 N–H and O–H groups in total. The van der Waals surface area contributed by atoms with Gasteiger partial charge in [0.1, 0.15) is 5.82 Å². The van der Waals surface area contributed by atoms with Gasteiger partial charge in [0.2, 0.25) is 0 Å². The highest BCUT2D eigenvalue weighted by Crippen LogP contribution is 2.38. The van der Waals surface area contributed by atoms with Crippen molar-refractivity contribution in [3.8, 4) is 17.1 Å². The van der Waals surface area contributed by atoms with E-state index in [0.29, 0.717) is 34.8 Å². The van der Waals surface area contributed by atoms with Gasteiger partial charge in [-0.05, 0) is 58.0 Å². The van der Waals surface area contributed by atoms with Crippen molar-refractivity contribution in [2.24, 2.45) is 0 Å². The van der Waals surface area contributed by atoms with Gasteiger partial charge in [-0.2, -0.15) is 0 Å². The fraction of sp³-hybridized carbons (Fsp3) is 0.214. The molecule has 7 nitrogen and oxygen atoms in total. The van der Waals surface area contributed by atoms with Gasteiger partial charge in [-0.15, -0.1) is 5.10 Å². The van der Waals surface area contributed by atoms with E-state index in [9.17, 15) is 4.39 Å². The minimum absolute atomic E-state index is 0.294. The number of aromatic amines is 1. The molecule has 5 aromatic rings. The Morgan fingerprint density at radius 2 is 1.77 bits per heavy atom. The van der Waals surface area contributed by atoms with Crippen LogP contribution >= 0.6 is 35.0 Å². The molecule has 0 aliphatic heterocycles. The SMILES string of the molecule is CC(C)(c1ccc(Cl)c(Cl)c1)c1cnc(SCCOCc2ccc(-c3nnn[nH]3)cc2)n1-c1ccc(F)cc1. The number of halogens is 3. The number of aromatic nitrogens is 6. The molecule has 0 saturated heterocycles. The molecule has 3 aromatic carbocycles. The first-order valence-corrected chi connectivity index (χ1v) is 13.9. The average molecular weight is 584 g/mol. The van der Waals surface area contributed by atoms with Crippen molar-refractivity contribution >= 4 is 35.0 Å². The molecular formula is C28H25Cl2FN6OS. The van der Waals surface area contributed by atoms with E-state index >= 15 is 0 Å². The van der Waals surface area contributed by atoms with Crippen LogP contribution in [0.4, 0.5) is 4.39 Å². The molecule has 2 aromatic heterocycles. The second kappa shape index (κ2) is 11.9. The molecule has 11 heteroatoms. The molecule has 0 fully saturated rings. The normalized spacial score (nSPS) is 11.7. The lowest BCUT2D eigenvalue weighted by Crippen LogP contribution is -2.23. The molecule has 39 heavy (non-hydrogen) atoms. The Labute approximate surface area is 239 Å². The minimum Gasteiger partial charge on any atom is -0.376 e. The van der Waals surface area contributed by atoms with Crippen LogP contribution in [0.25, 0.3) is 17.1 Å². The van der Waals surface area contributed by atoms with E-state index in [2.05, 4.69) is 39.0 Å². The number of rotatable bonds is 10. The highest BCUT2D eigenvalue weighted by Gasteiger charge is 2.30. The molecule has 200 valence electrons. The van der Waals surface area contributed by atoms with Gasteiger partial charge in [-0.25, -0.2) is 14.5 Å². The van der Waals surface area contributed by atoms with E-state index in [-0.39, 0.29) is 5.82 Å². The molecule has 0 spiro atoms. The number of imidazole rings is 1. The molecule has 5 rings (SSSR count). The monoisotopic (exact) mass is 582 g/mol. The van der Waals surface area contributed by atoms with Crippen LogP contribution in [-0.4, -0.2) is 42.5 Å². The van der Waals surface area contributed by atoms with Crippen molar-refractivity contribution < 1.29 is 9.13 Å². The van der Waals surface area contributed by atoms with Crippen LogP contribution in [0.5, 0.6) is 0 Å². The lowest BCUT2D eigenvalue weighted by molar-refractivity contribution is 0.136. The number of nitrogens with one attached hydrogen (secondary N) is 1. The Hall–Kier alpha value is -3.24. The predicted molar refractivity (Wildman–Crippen MR) is 152 cm³/mol. The molecule has 0 unspecified atom stereocenters. The van der Waals surface area contributed by atoms with E-state index in [1.165, 1.54) is 12.1 Å². The fourth-order valence-corrected chi connectivity index (χ4v) is 5.31. The zero-order valence-electron chi connectivity index (χ0n) is 21.2. The summed E-state index contributed by atoms with van der Waals surface area (Å²) in [7, 11) is 0. The predicted octanol–water partition coefficient (Wildman–Crippen LogP) is 7.13. The van der Waals surface area contributed by atoms with Gasteiger partial charge < -0.3 is 4.74 Å². The largest absolute Gasteiger partial charge is 0.376 e. The number of benzene rings is 3. The number of H-pyrrole nitrogens is 1. The Bertz CT molecular complexity index is 1540. The van der Waals surface area contributed by atoms with E-state index in [1.807, 2.05) is 42.6 Å². The zero-order valence-corrected chi connectivity index (χ0v) is 23.6. The summed E-state index contributed by atoms with van der Waals surface area (Å²) in [6.45, 7) is 5.22. The van der Waals surface area contributed by atoms with Gasteiger partial charge in [0.15, 0.2) is 11.0 Å². The first-order valence-electron chi connectivity index (χ1n) is 12.2. The maximum atomic E-state index is 13.7. The van der Waals surface area contributed by atoms with Crippen molar-refractivity contribution in [2.75, 3.05) is 12.4 Å². The highest BCUT2D eigenvalue weighted by atomic mass is 35.5. The summed E-state index contributed by atoms with van der Waals surface area (Å²) in [5.74, 6) is 1.02. The lowest BCUT2D eigenvalue weighted by Gasteiger charge is -2.28. The van der Waals surface area contributed by atoms with Gasteiger partial charge in [0.05, 0.1) is 35.1 Å². The summed E-state index contributed by atoms with van der Waals surface area (Å²) in [6.07, 6.45) is 1.86. The number of hydrogen-bond donors (Lipinski definition) is 1. The van der Waals surface area contributed by atoms with Gasteiger partial charge in [-0.3, -0.25) is 4.57 Å². The van der Waals surface area contributed by atoms with Crippen LogP contribution in [-0.2, 0) is 16.8 Å². The summed E-state index contributed by atoms with van der Waals surface area (Å²) in [5, 5.41) is 15.7. The molecule has 0 aliphatic carbocycles. The molecule has 0 saturated carbocycles. The third-order valence-corrected chi connectivity index (χ3v) is 8.05. The van der Waals surface area contributed by atoms with Crippen molar-refractivity contribution in [3.05, 3.63) is 106 Å². The van der Waals surface area contributed by atoms with Crippen molar-refractivity contribution in [2.45, 2.75) is 31.0 Å². The second-order valence-corrected chi connectivity index (χ2v) is 11.2. The minimum atomic E-state index is -0.459. The number of tetrazole rings is 1. The summed E-state index contributed by atoms with van der Waals surface area (Å²) < 4.78 is 21.7. The molecule has 0 aliphatic rings. The Morgan fingerprint density at radius 1 is 1.00 bits per heavy atom. The Balaban J connectivity index is 1.29. The number of nitrogens with zero attached hydrogens (tertiary/aromatic N) is 5. The first-order chi connectivity index (χ1) is 18.8. The van der Waals surface area contributed by atoms with Crippen molar-refractivity contribution in [1.29, 1.82) is 0 Å². The number of hydrogen-bond acceptors (Lipinski definition) is 6. The van der Waals surface area contributed by atoms with Gasteiger partial charge >= 0.3 is 0 Å². The number of ether oxygens (including phenoxy) is 1. The van der Waals surface area contributed by atoms with Crippen LogP contribution in [0.15, 0.2) is 78.1 Å². The Kier molecular flexibility index (Phi) is 8.32. The third-order valence-electron chi connectivity index (χ3n) is 6.40. The Morgan fingerprint density at radius 3 is 2.46 bits per heavy atom. The zero-order chi connectivity index (χ0) is 27.4. The topological polar surface area (TPSA) is 81.5 Å². The van der Waals surface area contributed by atoms with Crippen LogP contribution in [0.1, 0.15) is 30.7 Å². The molecule has 0 atom stereocenters. The maximum absolute atomic E-state index is 13.7. The summed E-state index contributed by atoms with van der Waals surface area (Å²) in [6, 6.07) is 19.9.